The highest BCUT2D eigenvalue weighted by Crippen LogP contribution is 2.26. The van der Waals surface area contributed by atoms with Gasteiger partial charge in [0, 0.05) is 19.6 Å². The maximum absolute atomic E-state index is 12.3. The second-order valence-corrected chi connectivity index (χ2v) is 8.30. The summed E-state index contributed by atoms with van der Waals surface area (Å²) in [6, 6.07) is 7.96. The molecule has 4 nitrogen and oxygen atoms in total. The number of piperidine rings is 1. The molecule has 0 spiro atoms. The van der Waals surface area contributed by atoms with Gasteiger partial charge in [0.2, 0.25) is 0 Å². The van der Waals surface area contributed by atoms with Crippen LogP contribution in [0.5, 0.6) is 5.75 Å². The highest BCUT2D eigenvalue weighted by molar-refractivity contribution is 5.80. The van der Waals surface area contributed by atoms with Crippen molar-refractivity contribution in [2.24, 2.45) is 11.8 Å². The van der Waals surface area contributed by atoms with E-state index in [1.54, 1.807) is 0 Å². The van der Waals surface area contributed by atoms with Crippen molar-refractivity contribution < 1.29 is 9.53 Å². The standard InChI is InChI=1S/C22H36N2O2/c1-16(2)20-9-6-7-10-21(20)26-19(5)22(25)23-11-8-12-24-14-17(3)13-18(4)15-24/h6-7,9-10,16-19H,8,11-15H2,1-5H3,(H,23,25). The maximum Gasteiger partial charge on any atom is 0.260 e. The number of carbonyl (C=O) groups excluding carboxylic acids is 1. The van der Waals surface area contributed by atoms with Crippen LogP contribution >= 0.6 is 0 Å². The van der Waals surface area contributed by atoms with Crippen molar-refractivity contribution in [3.05, 3.63) is 29.8 Å². The van der Waals surface area contributed by atoms with Gasteiger partial charge in [0.25, 0.3) is 5.91 Å². The van der Waals surface area contributed by atoms with Crippen LogP contribution < -0.4 is 10.1 Å². The fourth-order valence-corrected chi connectivity index (χ4v) is 3.94. The topological polar surface area (TPSA) is 41.6 Å². The van der Waals surface area contributed by atoms with Crippen molar-refractivity contribution in [1.29, 1.82) is 0 Å². The summed E-state index contributed by atoms with van der Waals surface area (Å²) in [6.07, 6.45) is 1.84. The molecule has 1 aliphatic heterocycles. The third-order valence-corrected chi connectivity index (χ3v) is 5.11. The summed E-state index contributed by atoms with van der Waals surface area (Å²) >= 11 is 0. The molecule has 1 aliphatic rings. The maximum atomic E-state index is 12.3. The van der Waals surface area contributed by atoms with Crippen molar-refractivity contribution in [3.63, 3.8) is 0 Å². The highest BCUT2D eigenvalue weighted by atomic mass is 16.5. The predicted octanol–water partition coefficient (Wildman–Crippen LogP) is 4.06. The fourth-order valence-electron chi connectivity index (χ4n) is 3.94. The van der Waals surface area contributed by atoms with Crippen molar-refractivity contribution in [2.75, 3.05) is 26.2 Å². The van der Waals surface area contributed by atoms with E-state index in [-0.39, 0.29) is 5.91 Å². The Balaban J connectivity index is 1.72. The third kappa shape index (κ3) is 6.31. The summed E-state index contributed by atoms with van der Waals surface area (Å²) < 4.78 is 5.92. The van der Waals surface area contributed by atoms with E-state index in [4.69, 9.17) is 4.74 Å². The number of rotatable bonds is 8. The number of benzene rings is 1. The monoisotopic (exact) mass is 360 g/mol. The molecule has 3 unspecified atom stereocenters. The van der Waals surface area contributed by atoms with Gasteiger partial charge in [-0.2, -0.15) is 0 Å². The summed E-state index contributed by atoms with van der Waals surface area (Å²) in [5.74, 6) is 2.70. The second-order valence-electron chi connectivity index (χ2n) is 8.30. The van der Waals surface area contributed by atoms with E-state index in [0.717, 1.165) is 36.1 Å². The minimum Gasteiger partial charge on any atom is -0.481 e. The largest absolute Gasteiger partial charge is 0.481 e. The van der Waals surface area contributed by atoms with E-state index < -0.39 is 6.10 Å². The molecular formula is C22H36N2O2. The molecule has 3 atom stereocenters. The zero-order chi connectivity index (χ0) is 19.1. The minimum atomic E-state index is -0.482. The molecule has 1 aromatic carbocycles. The number of nitrogens with zero attached hydrogens (tertiary/aromatic N) is 1. The third-order valence-electron chi connectivity index (χ3n) is 5.11. The Morgan fingerprint density at radius 1 is 1.19 bits per heavy atom. The van der Waals surface area contributed by atoms with Crippen LogP contribution in [0.25, 0.3) is 0 Å². The van der Waals surface area contributed by atoms with E-state index in [9.17, 15) is 4.79 Å². The molecule has 1 amide bonds. The average Bonchev–Trinajstić information content (AvgIpc) is 2.58. The molecule has 0 aliphatic carbocycles. The van der Waals surface area contributed by atoms with Crippen molar-refractivity contribution in [1.82, 2.24) is 10.2 Å². The number of hydrogen-bond donors (Lipinski definition) is 1. The number of ether oxygens (including phenoxy) is 1. The smallest absolute Gasteiger partial charge is 0.260 e. The molecule has 0 aromatic heterocycles. The van der Waals surface area contributed by atoms with Gasteiger partial charge in [-0.25, -0.2) is 0 Å². The lowest BCUT2D eigenvalue weighted by molar-refractivity contribution is -0.127. The molecule has 1 saturated heterocycles. The average molecular weight is 361 g/mol. The van der Waals surface area contributed by atoms with E-state index in [2.05, 4.69) is 44.0 Å². The molecule has 1 aromatic rings. The van der Waals surface area contributed by atoms with Gasteiger partial charge in [-0.1, -0.05) is 45.9 Å². The first kappa shape index (κ1) is 20.8. The number of likely N-dealkylation sites (tertiary alicyclic amines) is 1. The molecular weight excluding hydrogens is 324 g/mol. The van der Waals surface area contributed by atoms with Crippen molar-refractivity contribution in [3.8, 4) is 5.75 Å². The van der Waals surface area contributed by atoms with Gasteiger partial charge in [0.15, 0.2) is 6.10 Å². The Hall–Kier alpha value is -1.55. The Bertz CT molecular complexity index is 563. The van der Waals surface area contributed by atoms with Crippen LogP contribution in [-0.2, 0) is 4.79 Å². The lowest BCUT2D eigenvalue weighted by Crippen LogP contribution is -2.41. The van der Waals surface area contributed by atoms with E-state index in [0.29, 0.717) is 12.5 Å². The van der Waals surface area contributed by atoms with Gasteiger partial charge in [-0.05, 0) is 55.7 Å². The second kappa shape index (κ2) is 9.96. The summed E-state index contributed by atoms with van der Waals surface area (Å²) in [4.78, 5) is 14.9. The summed E-state index contributed by atoms with van der Waals surface area (Å²) in [5.41, 5.74) is 1.14. The Morgan fingerprint density at radius 3 is 2.50 bits per heavy atom. The van der Waals surface area contributed by atoms with E-state index >= 15 is 0 Å². The molecule has 0 radical (unpaired) electrons. The SMILES string of the molecule is CC1CC(C)CN(CCCNC(=O)C(C)Oc2ccccc2C(C)C)C1. The first-order valence-electron chi connectivity index (χ1n) is 10.1. The molecule has 2 rings (SSSR count). The van der Waals surface area contributed by atoms with Crippen LogP contribution in [0.2, 0.25) is 0 Å². The van der Waals surface area contributed by atoms with Gasteiger partial charge in [0.1, 0.15) is 5.75 Å². The summed E-state index contributed by atoms with van der Waals surface area (Å²) in [6.45, 7) is 14.9. The Labute approximate surface area is 159 Å². The lowest BCUT2D eigenvalue weighted by Gasteiger charge is -2.34. The number of carbonyl (C=O) groups is 1. The van der Waals surface area contributed by atoms with Gasteiger partial charge in [0.05, 0.1) is 0 Å². The molecule has 146 valence electrons. The van der Waals surface area contributed by atoms with Crippen LogP contribution in [0.3, 0.4) is 0 Å². The van der Waals surface area contributed by atoms with Crippen LogP contribution in [0, 0.1) is 11.8 Å². The Morgan fingerprint density at radius 2 is 1.85 bits per heavy atom. The zero-order valence-corrected chi connectivity index (χ0v) is 17.1. The van der Waals surface area contributed by atoms with Crippen LogP contribution in [0.4, 0.5) is 0 Å². The first-order chi connectivity index (χ1) is 12.4. The first-order valence-corrected chi connectivity index (χ1v) is 10.1. The molecule has 1 heterocycles. The summed E-state index contributed by atoms with van der Waals surface area (Å²) in [5, 5.41) is 3.02. The van der Waals surface area contributed by atoms with E-state index in [1.165, 1.54) is 19.5 Å². The van der Waals surface area contributed by atoms with Gasteiger partial charge >= 0.3 is 0 Å². The molecule has 26 heavy (non-hydrogen) atoms. The number of amides is 1. The molecule has 4 heteroatoms. The lowest BCUT2D eigenvalue weighted by atomic mass is 9.92. The number of hydrogen-bond acceptors (Lipinski definition) is 3. The zero-order valence-electron chi connectivity index (χ0n) is 17.1. The number of nitrogens with one attached hydrogen (secondary N) is 1. The molecule has 0 bridgehead atoms. The van der Waals surface area contributed by atoms with Gasteiger partial charge < -0.3 is 15.0 Å². The van der Waals surface area contributed by atoms with Crippen LogP contribution in [-0.4, -0.2) is 43.1 Å². The molecule has 1 fully saturated rings. The molecule has 0 saturated carbocycles. The van der Waals surface area contributed by atoms with Gasteiger partial charge in [-0.3, -0.25) is 4.79 Å². The van der Waals surface area contributed by atoms with Crippen LogP contribution in [0.15, 0.2) is 24.3 Å². The fraction of sp³-hybridized carbons (Fsp3) is 0.682. The van der Waals surface area contributed by atoms with E-state index in [1.807, 2.05) is 25.1 Å². The molecule has 1 N–H and O–H groups in total. The summed E-state index contributed by atoms with van der Waals surface area (Å²) in [7, 11) is 0. The normalized spacial score (nSPS) is 22.2. The highest BCUT2D eigenvalue weighted by Gasteiger charge is 2.21. The van der Waals surface area contributed by atoms with Gasteiger partial charge in [-0.15, -0.1) is 0 Å². The quantitative estimate of drug-likeness (QED) is 0.711. The Kier molecular flexibility index (Phi) is 7.95. The predicted molar refractivity (Wildman–Crippen MR) is 108 cm³/mol. The number of para-hydroxylation sites is 1. The van der Waals surface area contributed by atoms with Crippen molar-refractivity contribution in [2.45, 2.75) is 59.5 Å². The van der Waals surface area contributed by atoms with Crippen LogP contribution in [0.1, 0.15) is 58.9 Å². The minimum absolute atomic E-state index is 0.0380. The van der Waals surface area contributed by atoms with Crippen molar-refractivity contribution >= 4 is 5.91 Å².